The van der Waals surface area contributed by atoms with Crippen molar-refractivity contribution in [1.29, 1.82) is 0 Å². The van der Waals surface area contributed by atoms with Crippen LogP contribution in [-0.2, 0) is 0 Å². The van der Waals surface area contributed by atoms with Crippen molar-refractivity contribution in [2.24, 2.45) is 0 Å². The molecule has 0 aromatic carbocycles. The molecule has 2 heterocycles. The Labute approximate surface area is 73.3 Å². The molecule has 0 saturated heterocycles. The quantitative estimate of drug-likeness (QED) is 0.683. The van der Waals surface area contributed by atoms with Crippen molar-refractivity contribution >= 4 is 27.8 Å². The average Bonchev–Trinajstić information content (AvgIpc) is 2.57. The standard InChI is InChI=1S/C4H4S.C3H4N2S/c1-2-4-5-3-1;4-3-5-1-2-6-3/h1-4H;1-2H,(H2,4,5). The number of hydrogen-bond donors (Lipinski definition) is 1. The summed E-state index contributed by atoms with van der Waals surface area (Å²) in [5.74, 6) is 0. The number of nitrogens with zero attached hydrogens (tertiary/aromatic N) is 1. The molecule has 0 radical (unpaired) electrons. The second-order valence-corrected chi connectivity index (χ2v) is 3.41. The minimum Gasteiger partial charge on any atom is -0.375 e. The molecule has 2 rings (SSSR count). The number of hydrogen-bond acceptors (Lipinski definition) is 4. The van der Waals surface area contributed by atoms with Crippen LogP contribution in [0.2, 0.25) is 0 Å². The van der Waals surface area contributed by atoms with Gasteiger partial charge in [0.05, 0.1) is 0 Å². The van der Waals surface area contributed by atoms with Crippen molar-refractivity contribution in [1.82, 2.24) is 4.98 Å². The molecule has 0 aliphatic heterocycles. The monoisotopic (exact) mass is 184 g/mol. The molecule has 0 atom stereocenters. The normalized spacial score (nSPS) is 8.36. The maximum atomic E-state index is 5.19. The SMILES string of the molecule is Nc1nccs1.c1ccsc1. The lowest BCUT2D eigenvalue weighted by atomic mass is 10.7. The number of anilines is 1. The van der Waals surface area contributed by atoms with Crippen LogP contribution < -0.4 is 5.73 Å². The molecule has 58 valence electrons. The fourth-order valence-corrected chi connectivity index (χ4v) is 1.30. The summed E-state index contributed by atoms with van der Waals surface area (Å²) in [4.78, 5) is 3.71. The van der Waals surface area contributed by atoms with E-state index in [2.05, 4.69) is 4.98 Å². The van der Waals surface area contributed by atoms with Gasteiger partial charge in [-0.1, -0.05) is 12.1 Å². The van der Waals surface area contributed by atoms with Crippen molar-refractivity contribution in [3.8, 4) is 0 Å². The largest absolute Gasteiger partial charge is 0.375 e. The van der Waals surface area contributed by atoms with Crippen molar-refractivity contribution in [3.63, 3.8) is 0 Å². The van der Waals surface area contributed by atoms with Crippen LogP contribution in [0.1, 0.15) is 0 Å². The highest BCUT2D eigenvalue weighted by atomic mass is 32.1. The Hall–Kier alpha value is -0.870. The second-order valence-electron chi connectivity index (χ2n) is 1.66. The van der Waals surface area contributed by atoms with E-state index in [1.807, 2.05) is 28.3 Å². The van der Waals surface area contributed by atoms with Crippen molar-refractivity contribution in [2.75, 3.05) is 5.73 Å². The van der Waals surface area contributed by atoms with E-state index in [1.165, 1.54) is 11.3 Å². The van der Waals surface area contributed by atoms with Crippen LogP contribution in [0.4, 0.5) is 5.13 Å². The number of thiazole rings is 1. The summed E-state index contributed by atoms with van der Waals surface area (Å²) in [6, 6.07) is 4.04. The van der Waals surface area contributed by atoms with Crippen molar-refractivity contribution in [2.45, 2.75) is 0 Å². The van der Waals surface area contributed by atoms with Gasteiger partial charge >= 0.3 is 0 Å². The molecule has 2 aromatic rings. The summed E-state index contributed by atoms with van der Waals surface area (Å²) in [6.45, 7) is 0. The predicted molar refractivity (Wildman–Crippen MR) is 50.8 cm³/mol. The van der Waals surface area contributed by atoms with Crippen LogP contribution in [0.25, 0.3) is 0 Å². The first kappa shape index (κ1) is 8.23. The molecule has 4 heteroatoms. The van der Waals surface area contributed by atoms with E-state index in [1.54, 1.807) is 17.5 Å². The smallest absolute Gasteiger partial charge is 0.179 e. The molecular weight excluding hydrogens is 176 g/mol. The van der Waals surface area contributed by atoms with E-state index in [9.17, 15) is 0 Å². The van der Waals surface area contributed by atoms with Crippen LogP contribution in [0.5, 0.6) is 0 Å². The van der Waals surface area contributed by atoms with Gasteiger partial charge in [-0.15, -0.1) is 11.3 Å². The lowest BCUT2D eigenvalue weighted by Gasteiger charge is -1.67. The molecule has 0 amide bonds. The van der Waals surface area contributed by atoms with Crippen LogP contribution in [0, 0.1) is 0 Å². The highest BCUT2D eigenvalue weighted by Gasteiger charge is 1.76. The highest BCUT2D eigenvalue weighted by molar-refractivity contribution is 7.13. The van der Waals surface area contributed by atoms with Crippen molar-refractivity contribution in [3.05, 3.63) is 34.5 Å². The van der Waals surface area contributed by atoms with Crippen LogP contribution >= 0.6 is 22.7 Å². The minimum absolute atomic E-state index is 0.634. The van der Waals surface area contributed by atoms with Gasteiger partial charge in [-0.3, -0.25) is 0 Å². The van der Waals surface area contributed by atoms with Gasteiger partial charge in [-0.25, -0.2) is 4.98 Å². The maximum Gasteiger partial charge on any atom is 0.179 e. The Morgan fingerprint density at radius 2 is 1.91 bits per heavy atom. The average molecular weight is 184 g/mol. The van der Waals surface area contributed by atoms with Gasteiger partial charge in [0.2, 0.25) is 0 Å². The summed E-state index contributed by atoms with van der Waals surface area (Å²) < 4.78 is 0. The molecule has 0 bridgehead atoms. The van der Waals surface area contributed by atoms with Gasteiger partial charge < -0.3 is 5.73 Å². The minimum atomic E-state index is 0.634. The van der Waals surface area contributed by atoms with Gasteiger partial charge in [-0.2, -0.15) is 11.3 Å². The molecule has 0 saturated carbocycles. The van der Waals surface area contributed by atoms with Crippen LogP contribution in [0.15, 0.2) is 34.5 Å². The third kappa shape index (κ3) is 3.75. The van der Waals surface area contributed by atoms with Gasteiger partial charge in [0.15, 0.2) is 5.13 Å². The molecule has 11 heavy (non-hydrogen) atoms. The number of nitrogen functional groups attached to an aromatic ring is 1. The Morgan fingerprint density at radius 1 is 1.18 bits per heavy atom. The van der Waals surface area contributed by atoms with Crippen LogP contribution in [0.3, 0.4) is 0 Å². The molecule has 0 unspecified atom stereocenters. The summed E-state index contributed by atoms with van der Waals surface area (Å²) in [7, 11) is 0. The predicted octanol–water partition coefficient (Wildman–Crippen LogP) is 2.47. The van der Waals surface area contributed by atoms with E-state index >= 15 is 0 Å². The fraction of sp³-hybridized carbons (Fsp3) is 0. The Kier molecular flexibility index (Phi) is 3.64. The number of aromatic nitrogens is 1. The van der Waals surface area contributed by atoms with Gasteiger partial charge in [-0.05, 0) is 10.8 Å². The fourth-order valence-electron chi connectivity index (χ4n) is 0.461. The topological polar surface area (TPSA) is 38.9 Å². The Morgan fingerprint density at radius 3 is 2.09 bits per heavy atom. The van der Waals surface area contributed by atoms with E-state index in [-0.39, 0.29) is 0 Å². The number of thiophene rings is 1. The van der Waals surface area contributed by atoms with E-state index in [0.717, 1.165) is 0 Å². The molecule has 2 aromatic heterocycles. The maximum absolute atomic E-state index is 5.19. The molecule has 0 aliphatic rings. The van der Waals surface area contributed by atoms with E-state index in [0.29, 0.717) is 5.13 Å². The van der Waals surface area contributed by atoms with Gasteiger partial charge in [0.25, 0.3) is 0 Å². The highest BCUT2D eigenvalue weighted by Crippen LogP contribution is 2.02. The van der Waals surface area contributed by atoms with Gasteiger partial charge in [0, 0.05) is 11.6 Å². The van der Waals surface area contributed by atoms with E-state index in [4.69, 9.17) is 5.73 Å². The zero-order valence-corrected chi connectivity index (χ0v) is 7.44. The molecule has 0 fully saturated rings. The molecule has 0 aliphatic carbocycles. The first-order chi connectivity index (χ1) is 5.39. The van der Waals surface area contributed by atoms with Crippen LogP contribution in [-0.4, -0.2) is 4.98 Å². The lowest BCUT2D eigenvalue weighted by molar-refractivity contribution is 1.43. The molecule has 2 nitrogen and oxygen atoms in total. The summed E-state index contributed by atoms with van der Waals surface area (Å²) in [5, 5.41) is 6.56. The number of rotatable bonds is 0. The second kappa shape index (κ2) is 4.87. The number of nitrogens with two attached hydrogens (primary N) is 1. The first-order valence-electron chi connectivity index (χ1n) is 3.02. The Bertz CT molecular complexity index is 233. The summed E-state index contributed by atoms with van der Waals surface area (Å²) in [6.07, 6.45) is 1.68. The summed E-state index contributed by atoms with van der Waals surface area (Å²) in [5.41, 5.74) is 5.19. The Balaban J connectivity index is 0.000000112. The zero-order chi connectivity index (χ0) is 7.94. The first-order valence-corrected chi connectivity index (χ1v) is 4.84. The van der Waals surface area contributed by atoms with Crippen molar-refractivity contribution < 1.29 is 0 Å². The third-order valence-corrected chi connectivity index (χ3v) is 2.11. The summed E-state index contributed by atoms with van der Waals surface area (Å²) >= 11 is 3.16. The van der Waals surface area contributed by atoms with Gasteiger partial charge in [0.1, 0.15) is 0 Å². The lowest BCUT2D eigenvalue weighted by Crippen LogP contribution is -1.77. The molecule has 0 spiro atoms. The molecular formula is C7H8N2S2. The van der Waals surface area contributed by atoms with E-state index < -0.39 is 0 Å². The zero-order valence-electron chi connectivity index (χ0n) is 5.81. The third-order valence-electron chi connectivity index (χ3n) is 0.877. The molecule has 2 N–H and O–H groups in total.